The Morgan fingerprint density at radius 2 is 2.37 bits per heavy atom. The second-order valence-electron chi connectivity index (χ2n) is 5.26. The van der Waals surface area contributed by atoms with Gasteiger partial charge in [-0.3, -0.25) is 0 Å². The van der Waals surface area contributed by atoms with E-state index in [2.05, 4.69) is 27.1 Å². The second-order valence-corrected chi connectivity index (χ2v) is 5.26. The molecule has 1 aliphatic rings. The van der Waals surface area contributed by atoms with E-state index in [1.54, 1.807) is 0 Å². The molecule has 1 aromatic rings. The maximum atomic E-state index is 9.32. The van der Waals surface area contributed by atoms with E-state index in [1.165, 1.54) is 0 Å². The third-order valence-corrected chi connectivity index (χ3v) is 3.55. The molecule has 0 spiro atoms. The standard InChI is InChI=1S/C14H24N4O/c1-3-6-15-14-16-8-11(2)13(17-14)18-7-4-5-12(9-18)10-19/h8,12,19H,3-7,9-10H2,1-2H3,(H,15,16,17). The lowest BCUT2D eigenvalue weighted by Gasteiger charge is -2.33. The summed E-state index contributed by atoms with van der Waals surface area (Å²) >= 11 is 0. The van der Waals surface area contributed by atoms with Crippen molar-refractivity contribution in [2.24, 2.45) is 5.92 Å². The summed E-state index contributed by atoms with van der Waals surface area (Å²) in [6.45, 7) is 7.23. The normalized spacial score (nSPS) is 19.5. The van der Waals surface area contributed by atoms with Gasteiger partial charge in [-0.1, -0.05) is 6.92 Å². The Balaban J connectivity index is 2.13. The quantitative estimate of drug-likeness (QED) is 0.849. The van der Waals surface area contributed by atoms with Crippen molar-refractivity contribution in [3.05, 3.63) is 11.8 Å². The molecule has 106 valence electrons. The minimum atomic E-state index is 0.265. The number of anilines is 2. The van der Waals surface area contributed by atoms with E-state index in [4.69, 9.17) is 0 Å². The van der Waals surface area contributed by atoms with Crippen molar-refractivity contribution in [1.29, 1.82) is 0 Å². The largest absolute Gasteiger partial charge is 0.396 e. The van der Waals surface area contributed by atoms with E-state index in [9.17, 15) is 5.11 Å². The van der Waals surface area contributed by atoms with Gasteiger partial charge < -0.3 is 15.3 Å². The summed E-state index contributed by atoms with van der Waals surface area (Å²) in [5.74, 6) is 2.08. The number of hydrogen-bond donors (Lipinski definition) is 2. The van der Waals surface area contributed by atoms with Crippen LogP contribution >= 0.6 is 0 Å². The molecule has 2 rings (SSSR count). The number of hydrogen-bond acceptors (Lipinski definition) is 5. The first-order valence-corrected chi connectivity index (χ1v) is 7.18. The van der Waals surface area contributed by atoms with E-state index in [0.29, 0.717) is 11.9 Å². The SMILES string of the molecule is CCCNc1ncc(C)c(N2CCCC(CO)C2)n1. The lowest BCUT2D eigenvalue weighted by molar-refractivity contribution is 0.208. The van der Waals surface area contributed by atoms with Crippen LogP contribution in [0.5, 0.6) is 0 Å². The van der Waals surface area contributed by atoms with E-state index >= 15 is 0 Å². The molecule has 0 bridgehead atoms. The Morgan fingerprint density at radius 1 is 1.53 bits per heavy atom. The van der Waals surface area contributed by atoms with Gasteiger partial charge in [-0.15, -0.1) is 0 Å². The summed E-state index contributed by atoms with van der Waals surface area (Å²) in [5.41, 5.74) is 1.10. The molecule has 0 aromatic carbocycles. The van der Waals surface area contributed by atoms with Crippen LogP contribution in [-0.4, -0.2) is 41.3 Å². The monoisotopic (exact) mass is 264 g/mol. The van der Waals surface area contributed by atoms with Gasteiger partial charge in [0.1, 0.15) is 5.82 Å². The Kier molecular flexibility index (Phi) is 4.96. The van der Waals surface area contributed by atoms with E-state index < -0.39 is 0 Å². The first-order chi connectivity index (χ1) is 9.24. The number of nitrogens with one attached hydrogen (secondary N) is 1. The smallest absolute Gasteiger partial charge is 0.224 e. The van der Waals surface area contributed by atoms with Crippen molar-refractivity contribution in [1.82, 2.24) is 9.97 Å². The van der Waals surface area contributed by atoms with Crippen LogP contribution in [0, 0.1) is 12.8 Å². The lowest BCUT2D eigenvalue weighted by Crippen LogP contribution is -2.37. The maximum absolute atomic E-state index is 9.32. The van der Waals surface area contributed by atoms with Gasteiger partial charge >= 0.3 is 0 Å². The minimum Gasteiger partial charge on any atom is -0.396 e. The molecule has 5 heteroatoms. The molecule has 0 amide bonds. The number of rotatable bonds is 5. The summed E-state index contributed by atoms with van der Waals surface area (Å²) in [6, 6.07) is 0. The van der Waals surface area contributed by atoms with E-state index in [1.807, 2.05) is 13.1 Å². The highest BCUT2D eigenvalue weighted by molar-refractivity contribution is 5.49. The molecule has 2 N–H and O–H groups in total. The Labute approximate surface area is 115 Å². The molecule has 1 aliphatic heterocycles. The predicted molar refractivity (Wildman–Crippen MR) is 77.6 cm³/mol. The average Bonchev–Trinajstić information content (AvgIpc) is 2.46. The zero-order valence-electron chi connectivity index (χ0n) is 11.9. The predicted octanol–water partition coefficient (Wildman–Crippen LogP) is 1.82. The van der Waals surface area contributed by atoms with Crippen molar-refractivity contribution >= 4 is 11.8 Å². The summed E-state index contributed by atoms with van der Waals surface area (Å²) in [6.07, 6.45) is 5.16. The number of nitrogens with zero attached hydrogens (tertiary/aromatic N) is 3. The summed E-state index contributed by atoms with van der Waals surface area (Å²) in [4.78, 5) is 11.2. The van der Waals surface area contributed by atoms with Crippen LogP contribution in [0.1, 0.15) is 31.7 Å². The van der Waals surface area contributed by atoms with Gasteiger partial charge in [0.15, 0.2) is 0 Å². The fourth-order valence-electron chi connectivity index (χ4n) is 2.48. The molecule has 0 aliphatic carbocycles. The highest BCUT2D eigenvalue weighted by Gasteiger charge is 2.21. The van der Waals surface area contributed by atoms with Crippen molar-refractivity contribution in [2.75, 3.05) is 36.5 Å². The second kappa shape index (κ2) is 6.70. The molecule has 0 saturated carbocycles. The van der Waals surface area contributed by atoms with Gasteiger partial charge in [0, 0.05) is 38.0 Å². The fraction of sp³-hybridized carbons (Fsp3) is 0.714. The third kappa shape index (κ3) is 3.56. The first-order valence-electron chi connectivity index (χ1n) is 7.18. The molecular formula is C14H24N4O. The number of aliphatic hydroxyl groups excluding tert-OH is 1. The Bertz CT molecular complexity index is 410. The zero-order valence-corrected chi connectivity index (χ0v) is 11.9. The number of aliphatic hydroxyl groups is 1. The maximum Gasteiger partial charge on any atom is 0.224 e. The van der Waals surface area contributed by atoms with Crippen LogP contribution in [0.3, 0.4) is 0 Å². The topological polar surface area (TPSA) is 61.3 Å². The molecular weight excluding hydrogens is 240 g/mol. The average molecular weight is 264 g/mol. The molecule has 1 aromatic heterocycles. The molecule has 1 atom stereocenters. The zero-order chi connectivity index (χ0) is 13.7. The van der Waals surface area contributed by atoms with Gasteiger partial charge in [-0.05, 0) is 32.1 Å². The van der Waals surface area contributed by atoms with Crippen LogP contribution in [0.2, 0.25) is 0 Å². The summed E-state index contributed by atoms with van der Waals surface area (Å²) in [7, 11) is 0. The van der Waals surface area contributed by atoms with Crippen molar-refractivity contribution in [3.63, 3.8) is 0 Å². The van der Waals surface area contributed by atoms with Gasteiger partial charge in [-0.2, -0.15) is 4.98 Å². The minimum absolute atomic E-state index is 0.265. The van der Waals surface area contributed by atoms with Crippen molar-refractivity contribution < 1.29 is 5.11 Å². The molecule has 19 heavy (non-hydrogen) atoms. The van der Waals surface area contributed by atoms with Gasteiger partial charge in [0.2, 0.25) is 5.95 Å². The Morgan fingerprint density at radius 3 is 3.11 bits per heavy atom. The molecule has 0 radical (unpaired) electrons. The lowest BCUT2D eigenvalue weighted by atomic mass is 9.99. The van der Waals surface area contributed by atoms with E-state index in [0.717, 1.165) is 50.3 Å². The number of aryl methyl sites for hydroxylation is 1. The van der Waals surface area contributed by atoms with Gasteiger partial charge in [-0.25, -0.2) is 4.98 Å². The van der Waals surface area contributed by atoms with Gasteiger partial charge in [0.05, 0.1) is 0 Å². The highest BCUT2D eigenvalue weighted by Crippen LogP contribution is 2.24. The Hall–Kier alpha value is -1.36. The third-order valence-electron chi connectivity index (χ3n) is 3.55. The van der Waals surface area contributed by atoms with Crippen LogP contribution < -0.4 is 10.2 Å². The number of piperidine rings is 1. The van der Waals surface area contributed by atoms with Crippen LogP contribution in [0.25, 0.3) is 0 Å². The molecule has 1 unspecified atom stereocenters. The molecule has 1 fully saturated rings. The van der Waals surface area contributed by atoms with Crippen LogP contribution in [0.4, 0.5) is 11.8 Å². The van der Waals surface area contributed by atoms with Crippen molar-refractivity contribution in [3.8, 4) is 0 Å². The fourth-order valence-corrected chi connectivity index (χ4v) is 2.48. The van der Waals surface area contributed by atoms with Crippen molar-refractivity contribution in [2.45, 2.75) is 33.1 Å². The van der Waals surface area contributed by atoms with Crippen LogP contribution in [0.15, 0.2) is 6.20 Å². The first kappa shape index (κ1) is 14.1. The van der Waals surface area contributed by atoms with Gasteiger partial charge in [0.25, 0.3) is 0 Å². The molecule has 2 heterocycles. The summed E-state index contributed by atoms with van der Waals surface area (Å²) in [5, 5.41) is 12.6. The molecule has 1 saturated heterocycles. The summed E-state index contributed by atoms with van der Waals surface area (Å²) < 4.78 is 0. The van der Waals surface area contributed by atoms with E-state index in [-0.39, 0.29) is 6.61 Å². The number of aromatic nitrogens is 2. The molecule has 5 nitrogen and oxygen atoms in total. The van der Waals surface area contributed by atoms with Crippen LogP contribution in [-0.2, 0) is 0 Å². The highest BCUT2D eigenvalue weighted by atomic mass is 16.3.